The van der Waals surface area contributed by atoms with Crippen molar-refractivity contribution >= 4 is 28.8 Å². The van der Waals surface area contributed by atoms with Gasteiger partial charge in [0.1, 0.15) is 5.82 Å². The molecule has 0 aliphatic heterocycles. The first-order valence-electron chi connectivity index (χ1n) is 10.2. The minimum atomic E-state index is -0.354. The minimum Gasteiger partial charge on any atom is -0.396 e. The van der Waals surface area contributed by atoms with Gasteiger partial charge in [-0.3, -0.25) is 0 Å². The molecule has 0 radical (unpaired) electrons. The van der Waals surface area contributed by atoms with Crippen LogP contribution in [0.25, 0.3) is 0 Å². The number of aromatic nitrogens is 2. The van der Waals surface area contributed by atoms with Crippen LogP contribution >= 0.6 is 0 Å². The maximum Gasteiger partial charge on any atom is 0.224 e. The molecule has 0 saturated carbocycles. The second-order valence-electron chi connectivity index (χ2n) is 7.05. The van der Waals surface area contributed by atoms with Crippen LogP contribution in [-0.4, -0.2) is 23.6 Å². The van der Waals surface area contributed by atoms with Gasteiger partial charge in [-0.2, -0.15) is 4.98 Å². The van der Waals surface area contributed by atoms with Crippen molar-refractivity contribution in [2.24, 2.45) is 0 Å². The summed E-state index contributed by atoms with van der Waals surface area (Å²) in [5.41, 5.74) is 14.3. The predicted molar refractivity (Wildman–Crippen MR) is 130 cm³/mol. The molecule has 4 aromatic rings. The first-order valence-corrected chi connectivity index (χ1v) is 10.2. The maximum atomic E-state index is 12.2. The molecule has 164 valence electrons. The van der Waals surface area contributed by atoms with E-state index < -0.39 is 0 Å². The lowest BCUT2D eigenvalue weighted by molar-refractivity contribution is 0.632. The molecule has 0 atom stereocenters. The summed E-state index contributed by atoms with van der Waals surface area (Å²) >= 11 is 0. The van der Waals surface area contributed by atoms with Gasteiger partial charge in [-0.05, 0) is 36.2 Å². The third-order valence-electron chi connectivity index (χ3n) is 4.70. The first kappa shape index (κ1) is 22.6. The summed E-state index contributed by atoms with van der Waals surface area (Å²) in [5.74, 6) is 0.920. The van der Waals surface area contributed by atoms with Crippen molar-refractivity contribution in [2.45, 2.75) is 6.42 Å². The highest BCUT2D eigenvalue weighted by molar-refractivity contribution is 5.70. The van der Waals surface area contributed by atoms with Crippen LogP contribution in [0.3, 0.4) is 0 Å². The molecule has 7 heteroatoms. The van der Waals surface area contributed by atoms with E-state index in [1.54, 1.807) is 18.3 Å². The molecule has 0 amide bonds. The third-order valence-corrected chi connectivity index (χ3v) is 4.70. The van der Waals surface area contributed by atoms with Crippen molar-refractivity contribution in [3.8, 4) is 0 Å². The number of halogens is 1. The summed E-state index contributed by atoms with van der Waals surface area (Å²) in [5, 5.41) is 3.26. The van der Waals surface area contributed by atoms with E-state index in [4.69, 9.17) is 11.5 Å². The van der Waals surface area contributed by atoms with E-state index in [0.29, 0.717) is 17.5 Å². The number of nitrogens with zero attached hydrogens (tertiary/aromatic N) is 3. The normalized spacial score (nSPS) is 10.1. The molecule has 0 saturated heterocycles. The van der Waals surface area contributed by atoms with E-state index in [9.17, 15) is 4.39 Å². The maximum absolute atomic E-state index is 12.2. The number of nitrogen functional groups attached to an aromatic ring is 2. The van der Waals surface area contributed by atoms with Gasteiger partial charge in [-0.25, -0.2) is 9.37 Å². The minimum absolute atomic E-state index is 0.201. The van der Waals surface area contributed by atoms with Crippen LogP contribution in [0.5, 0.6) is 0 Å². The summed E-state index contributed by atoms with van der Waals surface area (Å²) in [7, 11) is 1.95. The zero-order chi connectivity index (χ0) is 22.8. The Hall–Kier alpha value is -4.13. The lowest BCUT2D eigenvalue weighted by Gasteiger charge is -2.20. The molecule has 1 aromatic heterocycles. The van der Waals surface area contributed by atoms with Crippen LogP contribution in [0.1, 0.15) is 5.56 Å². The van der Waals surface area contributed by atoms with E-state index in [1.807, 2.05) is 60.5 Å². The second kappa shape index (κ2) is 11.3. The van der Waals surface area contributed by atoms with Crippen LogP contribution in [0, 0.1) is 5.82 Å². The number of rotatable bonds is 6. The summed E-state index contributed by atoms with van der Waals surface area (Å²) in [4.78, 5) is 10.8. The molecular weight excluding hydrogens is 403 g/mol. The van der Waals surface area contributed by atoms with Gasteiger partial charge in [0.05, 0.1) is 17.6 Å². The average molecular weight is 431 g/mol. The molecule has 0 aliphatic carbocycles. The SMILES string of the molecule is CN(c1ccccc1)c1nc(NCCc2ccccc2)ncc1N.Nc1ccccc1F. The number of hydrogen-bond donors (Lipinski definition) is 3. The fourth-order valence-corrected chi connectivity index (χ4v) is 2.95. The van der Waals surface area contributed by atoms with Crippen LogP contribution in [0.15, 0.2) is 91.1 Å². The number of anilines is 5. The average Bonchev–Trinajstić information content (AvgIpc) is 2.83. The lowest BCUT2D eigenvalue weighted by atomic mass is 10.1. The van der Waals surface area contributed by atoms with Crippen molar-refractivity contribution in [2.75, 3.05) is 35.3 Å². The molecule has 5 N–H and O–H groups in total. The van der Waals surface area contributed by atoms with Gasteiger partial charge >= 0.3 is 0 Å². The largest absolute Gasteiger partial charge is 0.396 e. The van der Waals surface area contributed by atoms with Gasteiger partial charge in [0.25, 0.3) is 0 Å². The van der Waals surface area contributed by atoms with Crippen LogP contribution in [0.2, 0.25) is 0 Å². The van der Waals surface area contributed by atoms with Crippen molar-refractivity contribution in [1.82, 2.24) is 9.97 Å². The van der Waals surface area contributed by atoms with Crippen molar-refractivity contribution in [3.05, 3.63) is 103 Å². The van der Waals surface area contributed by atoms with Crippen LogP contribution < -0.4 is 21.7 Å². The van der Waals surface area contributed by atoms with Gasteiger partial charge in [0, 0.05) is 19.3 Å². The number of nitrogens with one attached hydrogen (secondary N) is 1. The van der Waals surface area contributed by atoms with E-state index in [0.717, 1.165) is 18.7 Å². The van der Waals surface area contributed by atoms with Gasteiger partial charge < -0.3 is 21.7 Å². The molecule has 3 aromatic carbocycles. The smallest absolute Gasteiger partial charge is 0.224 e. The van der Waals surface area contributed by atoms with Gasteiger partial charge in [0.15, 0.2) is 5.82 Å². The molecule has 32 heavy (non-hydrogen) atoms. The van der Waals surface area contributed by atoms with Crippen LogP contribution in [0.4, 0.5) is 33.2 Å². The Morgan fingerprint density at radius 1 is 0.844 bits per heavy atom. The summed E-state index contributed by atoms with van der Waals surface area (Å²) in [6.45, 7) is 0.766. The third kappa shape index (κ3) is 6.43. The molecule has 0 fully saturated rings. The predicted octanol–water partition coefficient (Wildman–Crippen LogP) is 4.89. The van der Waals surface area contributed by atoms with E-state index in [1.165, 1.54) is 17.7 Å². The van der Waals surface area contributed by atoms with Gasteiger partial charge in [-0.1, -0.05) is 60.7 Å². The standard InChI is InChI=1S/C19H21N5.C6H6FN/c1-24(16-10-6-3-7-11-16)18-17(20)14-22-19(23-18)21-13-12-15-8-4-2-5-9-15;7-5-3-1-2-4-6(5)8/h2-11,14H,12-13,20H2,1H3,(H,21,22,23);1-4H,8H2. The molecule has 0 unspecified atom stereocenters. The van der Waals surface area contributed by atoms with Gasteiger partial charge in [0.2, 0.25) is 5.95 Å². The number of hydrogen-bond acceptors (Lipinski definition) is 6. The Morgan fingerprint density at radius 3 is 2.09 bits per heavy atom. The Balaban J connectivity index is 0.000000305. The quantitative estimate of drug-likeness (QED) is 0.377. The fraction of sp³-hybridized carbons (Fsp3) is 0.120. The molecule has 0 spiro atoms. The van der Waals surface area contributed by atoms with Crippen molar-refractivity contribution < 1.29 is 4.39 Å². The molecule has 1 heterocycles. The zero-order valence-electron chi connectivity index (χ0n) is 17.9. The number of nitrogens with two attached hydrogens (primary N) is 2. The van der Waals surface area contributed by atoms with Crippen LogP contribution in [-0.2, 0) is 6.42 Å². The summed E-state index contributed by atoms with van der Waals surface area (Å²) in [6, 6.07) is 26.5. The highest BCUT2D eigenvalue weighted by Gasteiger charge is 2.11. The molecule has 6 nitrogen and oxygen atoms in total. The Morgan fingerprint density at radius 2 is 1.47 bits per heavy atom. The van der Waals surface area contributed by atoms with Crippen molar-refractivity contribution in [1.29, 1.82) is 0 Å². The number of benzene rings is 3. The topological polar surface area (TPSA) is 93.1 Å². The highest BCUT2D eigenvalue weighted by Crippen LogP contribution is 2.26. The molecular formula is C25H27FN6. The lowest BCUT2D eigenvalue weighted by Crippen LogP contribution is -2.16. The first-order chi connectivity index (χ1) is 15.5. The Bertz CT molecular complexity index is 1080. The fourth-order valence-electron chi connectivity index (χ4n) is 2.95. The highest BCUT2D eigenvalue weighted by atomic mass is 19.1. The monoisotopic (exact) mass is 430 g/mol. The van der Waals surface area contributed by atoms with E-state index in [-0.39, 0.29) is 11.5 Å². The number of para-hydroxylation sites is 2. The second-order valence-corrected chi connectivity index (χ2v) is 7.05. The summed E-state index contributed by atoms with van der Waals surface area (Å²) < 4.78 is 12.2. The molecule has 0 aliphatic rings. The van der Waals surface area contributed by atoms with E-state index >= 15 is 0 Å². The zero-order valence-corrected chi connectivity index (χ0v) is 17.9. The summed E-state index contributed by atoms with van der Waals surface area (Å²) in [6.07, 6.45) is 2.56. The molecule has 4 rings (SSSR count). The van der Waals surface area contributed by atoms with Crippen molar-refractivity contribution in [3.63, 3.8) is 0 Å². The van der Waals surface area contributed by atoms with E-state index in [2.05, 4.69) is 27.4 Å². The Kier molecular flexibility index (Phi) is 7.97. The molecule has 0 bridgehead atoms. The van der Waals surface area contributed by atoms with Gasteiger partial charge in [-0.15, -0.1) is 0 Å². The Labute approximate surface area is 187 Å².